The van der Waals surface area contributed by atoms with Gasteiger partial charge in [-0.25, -0.2) is 4.39 Å². The second-order valence-electron chi connectivity index (χ2n) is 6.18. The van der Waals surface area contributed by atoms with Crippen LogP contribution in [0.3, 0.4) is 0 Å². The fourth-order valence-corrected chi connectivity index (χ4v) is 3.50. The maximum Gasteiger partial charge on any atom is 0.317 e. The van der Waals surface area contributed by atoms with Crippen molar-refractivity contribution in [3.63, 3.8) is 0 Å². The summed E-state index contributed by atoms with van der Waals surface area (Å²) in [7, 11) is 1.74. The molecule has 1 heterocycles. The molecule has 0 spiro atoms. The molecule has 6 heteroatoms. The topological polar surface area (TPSA) is 49.8 Å². The Labute approximate surface area is 161 Å². The molecule has 140 valence electrons. The molecule has 0 amide bonds. The predicted molar refractivity (Wildman–Crippen MR) is 106 cm³/mol. The highest BCUT2D eigenvalue weighted by Crippen LogP contribution is 2.36. The summed E-state index contributed by atoms with van der Waals surface area (Å²) in [6.45, 7) is 0.850. The highest BCUT2D eigenvalue weighted by atomic mass is 32.1. The third-order valence-corrected chi connectivity index (χ3v) is 4.96. The Kier molecular flexibility index (Phi) is 6.21. The van der Waals surface area contributed by atoms with Gasteiger partial charge in [0.05, 0.1) is 6.54 Å². The molecule has 0 bridgehead atoms. The van der Waals surface area contributed by atoms with Gasteiger partial charge in [0, 0.05) is 17.0 Å². The highest BCUT2D eigenvalue weighted by molar-refractivity contribution is 7.13. The van der Waals surface area contributed by atoms with E-state index in [-0.39, 0.29) is 12.4 Å². The Morgan fingerprint density at radius 2 is 1.96 bits per heavy atom. The van der Waals surface area contributed by atoms with Crippen LogP contribution in [0.4, 0.5) is 4.39 Å². The molecule has 0 radical (unpaired) electrons. The number of nitrogens with zero attached hydrogens (tertiary/aromatic N) is 1. The van der Waals surface area contributed by atoms with Gasteiger partial charge in [-0.2, -0.15) is 0 Å². The van der Waals surface area contributed by atoms with Gasteiger partial charge in [0.1, 0.15) is 18.2 Å². The molecule has 3 rings (SSSR count). The molecule has 27 heavy (non-hydrogen) atoms. The number of carboxylic acids is 1. The number of ether oxygens (including phenoxy) is 1. The van der Waals surface area contributed by atoms with Crippen LogP contribution >= 0.6 is 11.3 Å². The molecule has 0 saturated heterocycles. The third kappa shape index (κ3) is 5.15. The fraction of sp³-hybridized carbons (Fsp3) is 0.190. The van der Waals surface area contributed by atoms with Crippen molar-refractivity contribution in [2.24, 2.45) is 0 Å². The second-order valence-corrected chi connectivity index (χ2v) is 7.13. The number of rotatable bonds is 8. The Bertz CT molecular complexity index is 912. The first-order valence-corrected chi connectivity index (χ1v) is 9.38. The first-order valence-electron chi connectivity index (χ1n) is 8.50. The number of benzene rings is 2. The minimum absolute atomic E-state index is 0.0281. The second kappa shape index (κ2) is 8.79. The van der Waals surface area contributed by atoms with Crippen LogP contribution in [0.2, 0.25) is 0 Å². The summed E-state index contributed by atoms with van der Waals surface area (Å²) >= 11 is 1.60. The van der Waals surface area contributed by atoms with Crippen LogP contribution in [0.1, 0.15) is 0 Å². The zero-order valence-electron chi connectivity index (χ0n) is 14.9. The number of hydrogen-bond donors (Lipinski definition) is 1. The normalized spacial score (nSPS) is 10.9. The molecule has 0 unspecified atom stereocenters. The maximum atomic E-state index is 13.6. The SMILES string of the molecule is CN(CCOc1ccc(-c2cccc(F)c2)cc1-c1cccs1)CC(=O)O. The fourth-order valence-electron chi connectivity index (χ4n) is 2.75. The van der Waals surface area contributed by atoms with E-state index in [0.717, 1.165) is 27.3 Å². The van der Waals surface area contributed by atoms with E-state index in [0.29, 0.717) is 13.2 Å². The summed E-state index contributed by atoms with van der Waals surface area (Å²) in [5.74, 6) is -0.412. The van der Waals surface area contributed by atoms with Gasteiger partial charge in [-0.15, -0.1) is 11.3 Å². The first kappa shape index (κ1) is 19.1. The Hall–Kier alpha value is -2.70. The molecule has 0 atom stereocenters. The molecule has 1 N–H and O–H groups in total. The van der Waals surface area contributed by atoms with E-state index in [4.69, 9.17) is 9.84 Å². The molecule has 0 aliphatic rings. The lowest BCUT2D eigenvalue weighted by Gasteiger charge is -2.16. The zero-order valence-corrected chi connectivity index (χ0v) is 15.7. The minimum atomic E-state index is -0.865. The molecule has 0 aliphatic heterocycles. The van der Waals surface area contributed by atoms with Gasteiger partial charge in [-0.3, -0.25) is 9.69 Å². The van der Waals surface area contributed by atoms with Crippen molar-refractivity contribution in [3.8, 4) is 27.3 Å². The van der Waals surface area contributed by atoms with Crippen molar-refractivity contribution in [3.05, 3.63) is 65.8 Å². The molecule has 0 aliphatic carbocycles. The Morgan fingerprint density at radius 1 is 1.15 bits per heavy atom. The summed E-state index contributed by atoms with van der Waals surface area (Å²) < 4.78 is 19.5. The summed E-state index contributed by atoms with van der Waals surface area (Å²) in [6, 6.07) is 16.3. The van der Waals surface area contributed by atoms with Crippen LogP contribution < -0.4 is 4.74 Å². The van der Waals surface area contributed by atoms with E-state index in [1.807, 2.05) is 41.8 Å². The molecular formula is C21H20FNO3S. The number of likely N-dealkylation sites (N-methyl/N-ethyl adjacent to an activating group) is 1. The average molecular weight is 385 g/mol. The highest BCUT2D eigenvalue weighted by Gasteiger charge is 2.11. The quantitative estimate of drug-likeness (QED) is 0.615. The van der Waals surface area contributed by atoms with Crippen molar-refractivity contribution in [1.29, 1.82) is 0 Å². The smallest absolute Gasteiger partial charge is 0.317 e. The summed E-state index contributed by atoms with van der Waals surface area (Å²) in [5, 5.41) is 10.8. The van der Waals surface area contributed by atoms with Crippen LogP contribution in [0.15, 0.2) is 60.0 Å². The molecule has 4 nitrogen and oxygen atoms in total. The van der Waals surface area contributed by atoms with E-state index >= 15 is 0 Å². The van der Waals surface area contributed by atoms with Gasteiger partial charge in [-0.1, -0.05) is 24.3 Å². The van der Waals surface area contributed by atoms with Gasteiger partial charge in [-0.05, 0) is 53.9 Å². The van der Waals surface area contributed by atoms with Gasteiger partial charge in [0.25, 0.3) is 0 Å². The predicted octanol–water partition coefficient (Wildman–Crippen LogP) is 4.62. The standard InChI is InChI=1S/C21H20FNO3S/c1-23(14-21(24)25)9-10-26-19-8-7-16(15-4-2-5-17(22)12-15)13-18(19)20-6-3-11-27-20/h2-8,11-13H,9-10,14H2,1H3,(H,24,25). The summed E-state index contributed by atoms with van der Waals surface area (Å²) in [4.78, 5) is 13.5. The van der Waals surface area contributed by atoms with Crippen LogP contribution in [0, 0.1) is 5.82 Å². The van der Waals surface area contributed by atoms with Crippen LogP contribution in [-0.2, 0) is 4.79 Å². The Morgan fingerprint density at radius 3 is 2.67 bits per heavy atom. The number of thiophene rings is 1. The summed E-state index contributed by atoms with van der Waals surface area (Å²) in [5.41, 5.74) is 2.65. The van der Waals surface area contributed by atoms with Crippen LogP contribution in [0.25, 0.3) is 21.6 Å². The molecule has 2 aromatic carbocycles. The van der Waals surface area contributed by atoms with Gasteiger partial charge >= 0.3 is 5.97 Å². The van der Waals surface area contributed by atoms with Gasteiger partial charge in [0.2, 0.25) is 0 Å². The summed E-state index contributed by atoms with van der Waals surface area (Å²) in [6.07, 6.45) is 0. The van der Waals surface area contributed by atoms with Crippen LogP contribution in [0.5, 0.6) is 5.75 Å². The number of hydrogen-bond acceptors (Lipinski definition) is 4. The Balaban J connectivity index is 1.82. The van der Waals surface area contributed by atoms with E-state index in [1.165, 1.54) is 12.1 Å². The lowest BCUT2D eigenvalue weighted by atomic mass is 10.0. The number of carbonyl (C=O) groups is 1. The van der Waals surface area contributed by atoms with Crippen molar-refractivity contribution < 1.29 is 19.0 Å². The molecule has 0 saturated carbocycles. The monoisotopic (exact) mass is 385 g/mol. The van der Waals surface area contributed by atoms with E-state index < -0.39 is 5.97 Å². The largest absolute Gasteiger partial charge is 0.492 e. The first-order chi connectivity index (χ1) is 13.0. The van der Waals surface area contributed by atoms with Gasteiger partial charge < -0.3 is 9.84 Å². The zero-order chi connectivity index (χ0) is 19.2. The molecule has 0 fully saturated rings. The average Bonchev–Trinajstić information content (AvgIpc) is 3.16. The molecule has 3 aromatic rings. The lowest BCUT2D eigenvalue weighted by molar-refractivity contribution is -0.138. The minimum Gasteiger partial charge on any atom is -0.492 e. The van der Waals surface area contributed by atoms with Crippen molar-refractivity contribution in [2.45, 2.75) is 0 Å². The van der Waals surface area contributed by atoms with E-state index in [2.05, 4.69) is 0 Å². The number of carboxylic acid groups (broad SMARTS) is 1. The maximum absolute atomic E-state index is 13.6. The number of aliphatic carboxylic acids is 1. The van der Waals surface area contributed by atoms with Crippen molar-refractivity contribution >= 4 is 17.3 Å². The van der Waals surface area contributed by atoms with E-state index in [1.54, 1.807) is 29.4 Å². The number of halogens is 1. The lowest BCUT2D eigenvalue weighted by Crippen LogP contribution is -2.29. The van der Waals surface area contributed by atoms with Crippen molar-refractivity contribution in [2.75, 3.05) is 26.7 Å². The molecule has 1 aromatic heterocycles. The molecular weight excluding hydrogens is 365 g/mol. The van der Waals surface area contributed by atoms with Crippen molar-refractivity contribution in [1.82, 2.24) is 4.90 Å². The third-order valence-electron chi connectivity index (χ3n) is 4.06. The van der Waals surface area contributed by atoms with E-state index in [9.17, 15) is 9.18 Å². The van der Waals surface area contributed by atoms with Crippen LogP contribution in [-0.4, -0.2) is 42.7 Å². The van der Waals surface area contributed by atoms with Gasteiger partial charge in [0.15, 0.2) is 0 Å².